The summed E-state index contributed by atoms with van der Waals surface area (Å²) in [5.41, 5.74) is 30.5. The summed E-state index contributed by atoms with van der Waals surface area (Å²) in [5, 5.41) is 2.35. The van der Waals surface area contributed by atoms with E-state index >= 15 is 0 Å². The maximum Gasteiger partial charge on any atom is 0.252 e. The lowest BCUT2D eigenvalue weighted by molar-refractivity contribution is 0.332. The molecule has 0 radical (unpaired) electrons. The number of para-hydroxylation sites is 1. The van der Waals surface area contributed by atoms with Crippen LogP contribution < -0.4 is 31.1 Å². The van der Waals surface area contributed by atoms with E-state index in [0.717, 1.165) is 60.3 Å². The zero-order valence-electron chi connectivity index (χ0n) is 58.8. The van der Waals surface area contributed by atoms with Crippen LogP contribution in [0.1, 0.15) is 240 Å². The Kier molecular flexibility index (Phi) is 13.2. The maximum atomic E-state index is 7.38. The number of benzene rings is 8. The zero-order valence-corrected chi connectivity index (χ0v) is 58.8. The molecule has 0 saturated heterocycles. The van der Waals surface area contributed by atoms with Crippen LogP contribution in [0.4, 0.5) is 51.2 Å². The van der Waals surface area contributed by atoms with Crippen LogP contribution in [-0.2, 0) is 48.7 Å². The molecular weight excluding hydrogens is 1090 g/mol. The minimum absolute atomic E-state index is 0.00591. The van der Waals surface area contributed by atoms with E-state index in [-0.39, 0.29) is 55.4 Å². The maximum absolute atomic E-state index is 7.38. The molecule has 90 heavy (non-hydrogen) atoms. The molecule has 0 amide bonds. The van der Waals surface area contributed by atoms with Crippen LogP contribution in [0.2, 0.25) is 0 Å². The lowest BCUT2D eigenvalue weighted by atomic mass is 9.33. The van der Waals surface area contributed by atoms with Crippen molar-refractivity contribution in [2.24, 2.45) is 0 Å². The molecule has 0 atom stereocenters. The number of anilines is 9. The summed E-state index contributed by atoms with van der Waals surface area (Å²) < 4.78 is 7.38. The van der Waals surface area contributed by atoms with E-state index in [1.165, 1.54) is 123 Å². The van der Waals surface area contributed by atoms with Gasteiger partial charge in [0.1, 0.15) is 11.2 Å². The van der Waals surface area contributed by atoms with E-state index in [1.807, 2.05) is 0 Å². The van der Waals surface area contributed by atoms with E-state index in [0.29, 0.717) is 0 Å². The highest BCUT2D eigenvalue weighted by Crippen LogP contribution is 2.57. The van der Waals surface area contributed by atoms with Gasteiger partial charge >= 0.3 is 0 Å². The number of rotatable bonds is 5. The molecule has 0 bridgehead atoms. The average molecular weight is 1190 g/mol. The van der Waals surface area contributed by atoms with E-state index in [4.69, 9.17) is 4.42 Å². The van der Waals surface area contributed by atoms with Crippen molar-refractivity contribution in [2.75, 3.05) is 14.7 Å². The largest absolute Gasteiger partial charge is 0.456 e. The Labute approximate surface area is 541 Å². The van der Waals surface area contributed by atoms with Gasteiger partial charge in [0.15, 0.2) is 0 Å². The number of nitrogens with zero attached hydrogens (tertiary/aromatic N) is 3. The lowest BCUT2D eigenvalue weighted by Crippen LogP contribution is -2.62. The van der Waals surface area contributed by atoms with Gasteiger partial charge in [-0.3, -0.25) is 0 Å². The summed E-state index contributed by atoms with van der Waals surface area (Å²) in [4.78, 5) is 8.08. The third-order valence-electron chi connectivity index (χ3n) is 23.2. The van der Waals surface area contributed by atoms with Crippen molar-refractivity contribution in [2.45, 2.75) is 240 Å². The molecule has 9 aromatic rings. The van der Waals surface area contributed by atoms with Gasteiger partial charge in [0.05, 0.1) is 16.8 Å². The van der Waals surface area contributed by atoms with Crippen molar-refractivity contribution in [3.05, 3.63) is 189 Å². The molecule has 5 aliphatic rings. The first-order chi connectivity index (χ1) is 41.9. The van der Waals surface area contributed by atoms with Gasteiger partial charge < -0.3 is 19.1 Å². The Morgan fingerprint density at radius 1 is 0.411 bits per heavy atom. The van der Waals surface area contributed by atoms with Gasteiger partial charge in [-0.05, 0) is 227 Å². The summed E-state index contributed by atoms with van der Waals surface area (Å²) in [5.74, 6) is 0. The van der Waals surface area contributed by atoms with Gasteiger partial charge in [-0.25, -0.2) is 0 Å². The Hall–Kier alpha value is -6.98. The van der Waals surface area contributed by atoms with Gasteiger partial charge in [0.2, 0.25) is 0 Å². The highest BCUT2D eigenvalue weighted by molar-refractivity contribution is 7.00. The molecule has 3 aliphatic carbocycles. The van der Waals surface area contributed by atoms with Crippen LogP contribution in [0.5, 0.6) is 0 Å². The Bertz CT molecular complexity index is 4380. The van der Waals surface area contributed by atoms with Crippen LogP contribution in [0, 0.1) is 6.92 Å². The SMILES string of the molecule is Cc1cc2c(cc1N1c3cc(N(c4ccc(C(C)(C)C)cc4)c4ccc(C(C)(C)C)cc4)cc4c3B(c3cc5c(cc3N4c3ccc4c(c3)C(C)(C)CCC4(C)C)C(C)(C)CCC5(C)C)c3ccc4oc5c(C(C)(C)C)cccc5c4c31)C(C)(C)CCC2(C)C. The summed E-state index contributed by atoms with van der Waals surface area (Å²) >= 11 is 0. The first kappa shape index (κ1) is 60.6. The zero-order chi connectivity index (χ0) is 64.3. The van der Waals surface area contributed by atoms with Crippen molar-refractivity contribution in [1.29, 1.82) is 0 Å². The fourth-order valence-corrected chi connectivity index (χ4v) is 17.0. The van der Waals surface area contributed by atoms with Crippen LogP contribution in [0.25, 0.3) is 21.9 Å². The summed E-state index contributed by atoms with van der Waals surface area (Å²) in [6.07, 6.45) is 6.85. The third-order valence-corrected chi connectivity index (χ3v) is 23.2. The molecular formula is C85H100BN3O. The molecule has 464 valence electrons. The molecule has 0 fully saturated rings. The molecule has 8 aromatic carbocycles. The van der Waals surface area contributed by atoms with Crippen molar-refractivity contribution in [1.82, 2.24) is 0 Å². The molecule has 4 nitrogen and oxygen atoms in total. The second kappa shape index (κ2) is 19.5. The number of furan rings is 1. The highest BCUT2D eigenvalue weighted by Gasteiger charge is 2.50. The smallest absolute Gasteiger partial charge is 0.252 e. The van der Waals surface area contributed by atoms with Gasteiger partial charge in [0.25, 0.3) is 6.71 Å². The van der Waals surface area contributed by atoms with E-state index in [9.17, 15) is 0 Å². The average Bonchev–Trinajstić information content (AvgIpc) is 0.945. The van der Waals surface area contributed by atoms with Crippen molar-refractivity contribution in [3.8, 4) is 0 Å². The summed E-state index contributed by atoms with van der Waals surface area (Å²) in [6, 6.07) is 54.2. The minimum atomic E-state index is -0.149. The van der Waals surface area contributed by atoms with Crippen LogP contribution in [0.15, 0.2) is 138 Å². The van der Waals surface area contributed by atoms with Crippen molar-refractivity contribution < 1.29 is 4.42 Å². The summed E-state index contributed by atoms with van der Waals surface area (Å²) in [7, 11) is 0. The molecule has 0 N–H and O–H groups in total. The molecule has 3 heterocycles. The normalized spacial score (nSPS) is 19.0. The van der Waals surface area contributed by atoms with Crippen LogP contribution >= 0.6 is 0 Å². The predicted molar refractivity (Wildman–Crippen MR) is 389 cm³/mol. The third kappa shape index (κ3) is 9.31. The van der Waals surface area contributed by atoms with Crippen molar-refractivity contribution in [3.63, 3.8) is 0 Å². The fraction of sp³-hybridized carbons (Fsp3) is 0.435. The molecule has 0 saturated carbocycles. The Morgan fingerprint density at radius 3 is 1.39 bits per heavy atom. The van der Waals surface area contributed by atoms with Gasteiger partial charge in [0, 0.05) is 50.8 Å². The number of hydrogen-bond acceptors (Lipinski definition) is 4. The molecule has 1 aromatic heterocycles. The van der Waals surface area contributed by atoms with E-state index in [2.05, 4.69) is 300 Å². The van der Waals surface area contributed by atoms with Crippen LogP contribution in [0.3, 0.4) is 0 Å². The first-order valence-electron chi connectivity index (χ1n) is 34.2. The van der Waals surface area contributed by atoms with Gasteiger partial charge in [-0.15, -0.1) is 0 Å². The topological polar surface area (TPSA) is 22.9 Å². The van der Waals surface area contributed by atoms with E-state index in [1.54, 1.807) is 0 Å². The Morgan fingerprint density at radius 2 is 0.878 bits per heavy atom. The molecule has 14 rings (SSSR count). The van der Waals surface area contributed by atoms with Crippen LogP contribution in [-0.4, -0.2) is 6.71 Å². The molecule has 2 aliphatic heterocycles. The monoisotopic (exact) mass is 1190 g/mol. The number of fused-ring (bicyclic) bond motifs is 11. The second-order valence-electron chi connectivity index (χ2n) is 35.5. The van der Waals surface area contributed by atoms with Gasteiger partial charge in [-0.1, -0.05) is 212 Å². The first-order valence-corrected chi connectivity index (χ1v) is 34.2. The fourth-order valence-electron chi connectivity index (χ4n) is 17.0. The minimum Gasteiger partial charge on any atom is -0.456 e. The molecule has 5 heteroatoms. The standard InChI is InChI=1S/C85H100BN3O/c1-51-44-61-64(84(19,20)42-40-81(61,13)14)49-68(51)89-71-47-57(87(54-30-26-52(27-31-54)77(2,3)4)55-32-28-53(29-33-55)78(5,6)7)46-70-74(71)86(66-36-37-72-73(75(66)89)58-24-23-25-60(76(58)90-72)79(8,9)10)67-48-63-65(85(21,22)43-41-83(63,17)18)50-69(67)88(70)56-34-35-59-62(45-56)82(15,16)39-38-80(59,11)12/h23-37,44-50H,38-43H2,1-22H3. The van der Waals surface area contributed by atoms with E-state index < -0.39 is 0 Å². The molecule has 0 unspecified atom stereocenters. The highest BCUT2D eigenvalue weighted by atomic mass is 16.3. The number of hydrogen-bond donors (Lipinski definition) is 0. The molecule has 0 spiro atoms. The van der Waals surface area contributed by atoms with Gasteiger partial charge in [-0.2, -0.15) is 0 Å². The lowest BCUT2D eigenvalue weighted by Gasteiger charge is -2.49. The second-order valence-corrected chi connectivity index (χ2v) is 35.5. The Balaban J connectivity index is 1.19. The van der Waals surface area contributed by atoms with Crippen molar-refractivity contribution >= 4 is 96.2 Å². The number of aryl methyl sites for hydroxylation is 1. The predicted octanol–water partition coefficient (Wildman–Crippen LogP) is 22.4. The quantitative estimate of drug-likeness (QED) is 0.160. The summed E-state index contributed by atoms with van der Waals surface area (Å²) in [6.45, 7) is 53.1.